The molecule has 0 spiro atoms. The van der Waals surface area contributed by atoms with Crippen LogP contribution in [0.1, 0.15) is 73.1 Å². The maximum Gasteiger partial charge on any atom is 0.243 e. The molecule has 0 aromatic heterocycles. The molecule has 1 aliphatic rings. The van der Waals surface area contributed by atoms with Gasteiger partial charge in [0.25, 0.3) is 0 Å². The highest BCUT2D eigenvalue weighted by Crippen LogP contribution is 2.25. The second-order valence-corrected chi connectivity index (χ2v) is 9.50. The molecule has 1 saturated heterocycles. The fourth-order valence-corrected chi connectivity index (χ4v) is 4.40. The van der Waals surface area contributed by atoms with E-state index < -0.39 is 6.04 Å². The van der Waals surface area contributed by atoms with Crippen molar-refractivity contribution in [3.05, 3.63) is 0 Å². The molecular formula is C25H48N4O5S. The lowest BCUT2D eigenvalue weighted by molar-refractivity contribution is -0.140. The Hall–Kier alpha value is -1.94. The van der Waals surface area contributed by atoms with Crippen LogP contribution in [0.5, 0.6) is 0 Å². The van der Waals surface area contributed by atoms with Gasteiger partial charge in [0.15, 0.2) is 0 Å². The monoisotopic (exact) mass is 516 g/mol. The molecule has 0 saturated carbocycles. The van der Waals surface area contributed by atoms with E-state index >= 15 is 0 Å². The van der Waals surface area contributed by atoms with E-state index in [0.717, 1.165) is 18.6 Å². The fourth-order valence-electron chi connectivity index (χ4n) is 3.18. The Kier molecular flexibility index (Phi) is 20.4. The Labute approximate surface area is 216 Å². The predicted octanol–water partition coefficient (Wildman–Crippen LogP) is 2.57. The summed E-state index contributed by atoms with van der Waals surface area (Å²) in [5.41, 5.74) is 0. The summed E-state index contributed by atoms with van der Waals surface area (Å²) in [4.78, 5) is 64.5. The van der Waals surface area contributed by atoms with Crippen molar-refractivity contribution in [2.24, 2.45) is 0 Å². The molecular weight excluding hydrogens is 468 g/mol. The third kappa shape index (κ3) is 14.3. The van der Waals surface area contributed by atoms with Crippen LogP contribution in [0.3, 0.4) is 0 Å². The molecule has 0 bridgehead atoms. The molecule has 204 valence electrons. The highest BCUT2D eigenvalue weighted by Gasteiger charge is 2.35. The first-order chi connectivity index (χ1) is 16.5. The van der Waals surface area contributed by atoms with Crippen LogP contribution in [0.4, 0.5) is 0 Å². The lowest BCUT2D eigenvalue weighted by Crippen LogP contribution is -2.49. The maximum absolute atomic E-state index is 12.5. The molecule has 10 heteroatoms. The minimum absolute atomic E-state index is 0.00470. The second-order valence-electron chi connectivity index (χ2n) is 8.19. The molecule has 0 aliphatic carbocycles. The van der Waals surface area contributed by atoms with Gasteiger partial charge in [-0.2, -0.15) is 0 Å². The molecule has 1 N–H and O–H groups in total. The van der Waals surface area contributed by atoms with Gasteiger partial charge in [0.05, 0.1) is 5.25 Å². The van der Waals surface area contributed by atoms with E-state index in [2.05, 4.69) is 5.32 Å². The molecule has 9 nitrogen and oxygen atoms in total. The lowest BCUT2D eigenvalue weighted by Gasteiger charge is -2.27. The summed E-state index contributed by atoms with van der Waals surface area (Å²) in [6, 6.07) is -0.800. The molecule has 0 radical (unpaired) electrons. The number of nitrogens with one attached hydrogen (secondary N) is 1. The number of rotatable bonds is 14. The van der Waals surface area contributed by atoms with Crippen LogP contribution in [0, 0.1) is 0 Å². The predicted molar refractivity (Wildman–Crippen MR) is 143 cm³/mol. The first kappa shape index (κ1) is 35.2. The molecule has 1 fully saturated rings. The molecule has 2 unspecified atom stereocenters. The van der Waals surface area contributed by atoms with Crippen molar-refractivity contribution in [3.63, 3.8) is 0 Å². The number of amides is 4. The average molecular weight is 517 g/mol. The van der Waals surface area contributed by atoms with Gasteiger partial charge in [-0.25, -0.2) is 0 Å². The number of likely N-dealkylation sites (N-methyl/N-ethyl adjacent to an activating group) is 2. The number of unbranched alkanes of at least 4 members (excludes halogenated alkanes) is 2. The number of hydrogen-bond donors (Lipinski definition) is 1. The van der Waals surface area contributed by atoms with Crippen LogP contribution in [0.15, 0.2) is 0 Å². The molecule has 4 amide bonds. The van der Waals surface area contributed by atoms with E-state index in [9.17, 15) is 24.0 Å². The van der Waals surface area contributed by atoms with Crippen LogP contribution in [-0.2, 0) is 24.0 Å². The number of nitrogens with zero attached hydrogens (tertiary/aromatic N) is 3. The Morgan fingerprint density at radius 2 is 1.66 bits per heavy atom. The highest BCUT2D eigenvalue weighted by molar-refractivity contribution is 8.00. The molecule has 1 aliphatic heterocycles. The molecule has 0 aromatic carbocycles. The van der Waals surface area contributed by atoms with E-state index in [0.29, 0.717) is 25.9 Å². The van der Waals surface area contributed by atoms with E-state index in [-0.39, 0.29) is 47.5 Å². The van der Waals surface area contributed by atoms with Crippen molar-refractivity contribution in [2.75, 3.05) is 47.0 Å². The molecule has 0 aromatic rings. The zero-order valence-electron chi connectivity index (χ0n) is 23.3. The molecule has 2 atom stereocenters. The number of carbonyl (C=O) groups excluding carboxylic acids is 5. The van der Waals surface area contributed by atoms with Crippen molar-refractivity contribution < 1.29 is 24.0 Å². The summed E-state index contributed by atoms with van der Waals surface area (Å²) in [6.45, 7) is 10.5. The van der Waals surface area contributed by atoms with Crippen LogP contribution in [0.2, 0.25) is 0 Å². The number of imide groups is 1. The lowest BCUT2D eigenvalue weighted by atomic mass is 10.1. The van der Waals surface area contributed by atoms with Gasteiger partial charge in [-0.05, 0) is 39.6 Å². The van der Waals surface area contributed by atoms with Crippen LogP contribution < -0.4 is 5.32 Å². The Morgan fingerprint density at radius 1 is 1.06 bits per heavy atom. The first-order valence-electron chi connectivity index (χ1n) is 12.6. The fraction of sp³-hybridized carbons (Fsp3) is 0.800. The second kappa shape index (κ2) is 20.3. The number of ketones is 1. The molecule has 35 heavy (non-hydrogen) atoms. The summed E-state index contributed by atoms with van der Waals surface area (Å²) < 4.78 is 0. The summed E-state index contributed by atoms with van der Waals surface area (Å²) >= 11 is 1.49. The van der Waals surface area contributed by atoms with Crippen LogP contribution in [-0.4, -0.2) is 102 Å². The van der Waals surface area contributed by atoms with Crippen molar-refractivity contribution in [3.8, 4) is 0 Å². The SMILES string of the molecule is CC.CC.CC(=O)CC(C(=O)NCCN(C)C)N(C)C(=O)CCCCCSC1CC(=O)N(C)C1=O. The highest BCUT2D eigenvalue weighted by atomic mass is 32.2. The summed E-state index contributed by atoms with van der Waals surface area (Å²) in [7, 11) is 6.87. The first-order valence-corrected chi connectivity index (χ1v) is 13.7. The maximum atomic E-state index is 12.5. The summed E-state index contributed by atoms with van der Waals surface area (Å²) in [6.07, 6.45) is 2.86. The smallest absolute Gasteiger partial charge is 0.243 e. The number of Topliss-reactive ketones (excluding diaryl/α,β-unsaturated/α-hetero) is 1. The normalized spacial score (nSPS) is 15.6. The van der Waals surface area contributed by atoms with Gasteiger partial charge in [0, 0.05) is 46.4 Å². The Bertz CT molecular complexity index is 672. The average Bonchev–Trinajstić information content (AvgIpc) is 3.07. The molecule has 1 rings (SSSR count). The number of hydrogen-bond acceptors (Lipinski definition) is 7. The van der Waals surface area contributed by atoms with E-state index in [4.69, 9.17) is 0 Å². The Morgan fingerprint density at radius 3 is 2.14 bits per heavy atom. The van der Waals surface area contributed by atoms with Gasteiger partial charge in [-0.15, -0.1) is 11.8 Å². The minimum atomic E-state index is -0.800. The zero-order chi connectivity index (χ0) is 27.6. The van der Waals surface area contributed by atoms with Crippen molar-refractivity contribution in [2.45, 2.75) is 84.4 Å². The van der Waals surface area contributed by atoms with Crippen LogP contribution in [0.25, 0.3) is 0 Å². The topological polar surface area (TPSA) is 107 Å². The standard InChI is InChI=1S/C21H36N4O5S.2C2H6/c1-15(26)13-16(20(29)22-10-11-23(2)3)24(4)18(27)9-7-6-8-12-31-17-14-19(28)25(5)21(17)30;2*1-2/h16-17H,6-14H2,1-5H3,(H,22,29);2*1-2H3. The summed E-state index contributed by atoms with van der Waals surface area (Å²) in [5, 5.41) is 2.50. The number of likely N-dealkylation sites (tertiary alicyclic amines) is 1. The quantitative estimate of drug-likeness (QED) is 0.279. The van der Waals surface area contributed by atoms with Gasteiger partial charge in [0.1, 0.15) is 11.8 Å². The van der Waals surface area contributed by atoms with E-state index in [1.165, 1.54) is 35.5 Å². The minimum Gasteiger partial charge on any atom is -0.353 e. The van der Waals surface area contributed by atoms with Gasteiger partial charge in [0.2, 0.25) is 23.6 Å². The van der Waals surface area contributed by atoms with Crippen molar-refractivity contribution in [1.82, 2.24) is 20.0 Å². The number of carbonyl (C=O) groups is 5. The number of thioether (sulfide) groups is 1. The Balaban J connectivity index is 0. The van der Waals surface area contributed by atoms with Gasteiger partial charge in [-0.1, -0.05) is 34.1 Å². The summed E-state index contributed by atoms with van der Waals surface area (Å²) in [5.74, 6) is -0.142. The van der Waals surface area contributed by atoms with Crippen molar-refractivity contribution >= 4 is 41.2 Å². The van der Waals surface area contributed by atoms with Crippen molar-refractivity contribution in [1.29, 1.82) is 0 Å². The van der Waals surface area contributed by atoms with Crippen LogP contribution >= 0.6 is 11.8 Å². The van der Waals surface area contributed by atoms with Gasteiger partial charge < -0.3 is 15.1 Å². The third-order valence-corrected chi connectivity index (χ3v) is 6.49. The zero-order valence-corrected chi connectivity index (χ0v) is 24.1. The largest absolute Gasteiger partial charge is 0.353 e. The molecule has 1 heterocycles. The van der Waals surface area contributed by atoms with E-state index in [1.54, 1.807) is 7.05 Å². The van der Waals surface area contributed by atoms with Gasteiger partial charge >= 0.3 is 0 Å². The van der Waals surface area contributed by atoms with E-state index in [1.807, 2.05) is 46.7 Å². The third-order valence-electron chi connectivity index (χ3n) is 5.20. The van der Waals surface area contributed by atoms with Gasteiger partial charge in [-0.3, -0.25) is 28.9 Å².